The number of nitrogens with one attached hydrogen (secondary N) is 1. The lowest BCUT2D eigenvalue weighted by Gasteiger charge is -2.45. The monoisotopic (exact) mass is 602 g/mol. The first-order valence-electron chi connectivity index (χ1n) is 14.5. The number of hydrogen-bond acceptors (Lipinski definition) is 10. The highest BCUT2D eigenvalue weighted by atomic mass is 32.2. The van der Waals surface area contributed by atoms with E-state index in [4.69, 9.17) is 4.74 Å². The van der Waals surface area contributed by atoms with E-state index < -0.39 is 35.9 Å². The summed E-state index contributed by atoms with van der Waals surface area (Å²) in [5.41, 5.74) is 1.20. The predicted molar refractivity (Wildman–Crippen MR) is 161 cm³/mol. The molecule has 41 heavy (non-hydrogen) atoms. The SMILES string of the molecule is CS[C@H]1O[C@H]([C@H](NC(=O)[C@@H]2C[C@H](CC3CC3)CCN2C)[C@H](C)Sc2ccc(-c3cncnc3)cc2)[C@H](O)[C@H](O)[C@H]1O. The van der Waals surface area contributed by atoms with Crippen LogP contribution in [0.3, 0.4) is 0 Å². The van der Waals surface area contributed by atoms with E-state index in [0.29, 0.717) is 5.92 Å². The molecular formula is C30H42N4O5S2. The lowest BCUT2D eigenvalue weighted by Crippen LogP contribution is -2.65. The topological polar surface area (TPSA) is 128 Å². The molecule has 9 nitrogen and oxygen atoms in total. The molecule has 1 amide bonds. The zero-order chi connectivity index (χ0) is 29.1. The fourth-order valence-corrected chi connectivity index (χ4v) is 7.83. The van der Waals surface area contributed by atoms with Gasteiger partial charge in [-0.1, -0.05) is 31.9 Å². The van der Waals surface area contributed by atoms with Crippen molar-refractivity contribution in [2.24, 2.45) is 11.8 Å². The maximum atomic E-state index is 13.8. The summed E-state index contributed by atoms with van der Waals surface area (Å²) < 4.78 is 6.17. The van der Waals surface area contributed by atoms with Gasteiger partial charge >= 0.3 is 0 Å². The smallest absolute Gasteiger partial charge is 0.237 e. The van der Waals surface area contributed by atoms with Crippen LogP contribution in [-0.2, 0) is 9.53 Å². The number of benzene rings is 1. The average Bonchev–Trinajstić information content (AvgIpc) is 3.81. The largest absolute Gasteiger partial charge is 0.388 e. The Morgan fingerprint density at radius 3 is 2.41 bits per heavy atom. The molecule has 0 radical (unpaired) electrons. The van der Waals surface area contributed by atoms with Crippen LogP contribution in [0.1, 0.15) is 39.0 Å². The van der Waals surface area contributed by atoms with E-state index >= 15 is 0 Å². The van der Waals surface area contributed by atoms with Crippen LogP contribution in [-0.4, -0.2) is 103 Å². The number of amides is 1. The molecule has 1 aromatic heterocycles. The molecule has 1 aliphatic carbocycles. The number of piperidine rings is 1. The third kappa shape index (κ3) is 7.44. The van der Waals surface area contributed by atoms with Gasteiger partial charge in [-0.05, 0) is 68.6 Å². The third-order valence-corrected chi connectivity index (χ3v) is 10.8. The van der Waals surface area contributed by atoms with Crippen LogP contribution in [0, 0.1) is 11.8 Å². The Morgan fingerprint density at radius 1 is 1.05 bits per heavy atom. The Bertz CT molecular complexity index is 1140. The van der Waals surface area contributed by atoms with Crippen LogP contribution in [0.5, 0.6) is 0 Å². The third-order valence-electron chi connectivity index (χ3n) is 8.72. The molecule has 2 aromatic rings. The maximum absolute atomic E-state index is 13.8. The zero-order valence-corrected chi connectivity index (χ0v) is 25.5. The molecule has 2 saturated heterocycles. The van der Waals surface area contributed by atoms with Gasteiger partial charge in [-0.25, -0.2) is 9.97 Å². The van der Waals surface area contributed by atoms with Gasteiger partial charge in [-0.3, -0.25) is 9.69 Å². The van der Waals surface area contributed by atoms with E-state index in [-0.39, 0.29) is 17.2 Å². The summed E-state index contributed by atoms with van der Waals surface area (Å²) >= 11 is 2.84. The Balaban J connectivity index is 1.34. The van der Waals surface area contributed by atoms with E-state index in [1.807, 2.05) is 38.2 Å². The lowest BCUT2D eigenvalue weighted by atomic mass is 9.86. The molecule has 11 heteroatoms. The first-order chi connectivity index (χ1) is 19.7. The van der Waals surface area contributed by atoms with Crippen LogP contribution in [0.2, 0.25) is 0 Å². The molecule has 3 heterocycles. The molecule has 0 bridgehead atoms. The van der Waals surface area contributed by atoms with Crippen LogP contribution in [0.4, 0.5) is 0 Å². The minimum absolute atomic E-state index is 0.0815. The van der Waals surface area contributed by atoms with E-state index in [2.05, 4.69) is 20.2 Å². The van der Waals surface area contributed by atoms with Crippen LogP contribution >= 0.6 is 23.5 Å². The van der Waals surface area contributed by atoms with Crippen LogP contribution in [0.15, 0.2) is 47.9 Å². The van der Waals surface area contributed by atoms with Crippen LogP contribution in [0.25, 0.3) is 11.1 Å². The maximum Gasteiger partial charge on any atom is 0.237 e. The van der Waals surface area contributed by atoms with Gasteiger partial charge < -0.3 is 25.4 Å². The van der Waals surface area contributed by atoms with Crippen molar-refractivity contribution in [2.45, 2.75) is 91.1 Å². The number of carbonyl (C=O) groups excluding carboxylic acids is 1. The zero-order valence-electron chi connectivity index (χ0n) is 23.9. The van der Waals surface area contributed by atoms with Crippen molar-refractivity contribution < 1.29 is 24.9 Å². The highest BCUT2D eigenvalue weighted by Crippen LogP contribution is 2.39. The first-order valence-corrected chi connectivity index (χ1v) is 16.7. The predicted octanol–water partition coefficient (Wildman–Crippen LogP) is 2.79. The van der Waals surface area contributed by atoms with Gasteiger partial charge in [0.15, 0.2) is 0 Å². The van der Waals surface area contributed by atoms with E-state index in [0.717, 1.165) is 41.3 Å². The minimum atomic E-state index is -1.38. The van der Waals surface area contributed by atoms with Crippen molar-refractivity contribution >= 4 is 29.4 Å². The number of nitrogens with zero attached hydrogens (tertiary/aromatic N) is 3. The van der Waals surface area contributed by atoms with E-state index in [9.17, 15) is 20.1 Å². The van der Waals surface area contributed by atoms with Crippen molar-refractivity contribution in [3.05, 3.63) is 43.0 Å². The number of ether oxygens (including phenoxy) is 1. The van der Waals surface area contributed by atoms with E-state index in [1.165, 1.54) is 37.4 Å². The number of hydrogen-bond donors (Lipinski definition) is 4. The second kappa shape index (κ2) is 13.7. The quantitative estimate of drug-likeness (QED) is 0.302. The van der Waals surface area contributed by atoms with Crippen molar-refractivity contribution in [1.29, 1.82) is 0 Å². The Morgan fingerprint density at radius 2 is 1.76 bits per heavy atom. The summed E-state index contributed by atoms with van der Waals surface area (Å²) in [6.45, 7) is 2.88. The normalized spacial score (nSPS) is 32.3. The van der Waals surface area contributed by atoms with Gasteiger partial charge in [-0.15, -0.1) is 23.5 Å². The summed E-state index contributed by atoms with van der Waals surface area (Å²) in [7, 11) is 2.00. The first kappa shape index (κ1) is 30.7. The fraction of sp³-hybridized carbons (Fsp3) is 0.633. The second-order valence-corrected chi connectivity index (χ2v) is 14.1. The van der Waals surface area contributed by atoms with Crippen molar-refractivity contribution in [1.82, 2.24) is 20.2 Å². The standard InChI is InChI=1S/C30H42N4O5S2/c1-17(41-22-8-6-20(7-9-22)21-14-31-16-32-15-21)24(28-26(36)25(35)27(37)30(39-28)40-3)33-29(38)23-13-19(10-11-34(23)2)12-18-4-5-18/h6-9,14-19,23-28,30,35-37H,4-5,10-13H2,1-3H3,(H,33,38)/t17-,19-,23-,24+,25-,26+,27+,28+,30+/m0/s1. The number of thioether (sulfide) groups is 2. The summed E-state index contributed by atoms with van der Waals surface area (Å²) in [5, 5.41) is 35.2. The Labute approximate surface area is 250 Å². The molecular weight excluding hydrogens is 560 g/mol. The molecule has 0 spiro atoms. The Hall–Kier alpha value is -1.73. The molecule has 3 aliphatic rings. The molecule has 1 aromatic carbocycles. The summed E-state index contributed by atoms with van der Waals surface area (Å²) in [5.74, 6) is 1.28. The highest BCUT2D eigenvalue weighted by molar-refractivity contribution is 8.00. The van der Waals surface area contributed by atoms with Gasteiger partial charge in [0, 0.05) is 28.1 Å². The Kier molecular flexibility index (Phi) is 10.3. The van der Waals surface area contributed by atoms with Gasteiger partial charge in [0.2, 0.25) is 5.91 Å². The van der Waals surface area contributed by atoms with Crippen LogP contribution < -0.4 is 5.32 Å². The van der Waals surface area contributed by atoms with Gasteiger partial charge in [-0.2, -0.15) is 0 Å². The van der Waals surface area contributed by atoms with Crippen molar-refractivity contribution in [3.63, 3.8) is 0 Å². The molecule has 224 valence electrons. The number of aliphatic hydroxyl groups excluding tert-OH is 3. The number of carbonyl (C=O) groups is 1. The molecule has 3 fully saturated rings. The number of likely N-dealkylation sites (N-methyl/N-ethyl adjacent to an activating group) is 1. The van der Waals surface area contributed by atoms with E-state index in [1.54, 1.807) is 30.4 Å². The minimum Gasteiger partial charge on any atom is -0.388 e. The average molecular weight is 603 g/mol. The summed E-state index contributed by atoms with van der Waals surface area (Å²) in [6, 6.07) is 7.18. The summed E-state index contributed by atoms with van der Waals surface area (Å²) in [4.78, 5) is 25.1. The number of likely N-dealkylation sites (tertiary alicyclic amines) is 1. The van der Waals surface area contributed by atoms with Gasteiger partial charge in [0.25, 0.3) is 0 Å². The lowest BCUT2D eigenvalue weighted by molar-refractivity contribution is -0.205. The molecule has 5 rings (SSSR count). The molecule has 0 unspecified atom stereocenters. The molecule has 1 saturated carbocycles. The number of aromatic nitrogens is 2. The molecule has 9 atom stereocenters. The number of aliphatic hydroxyl groups is 3. The molecule has 2 aliphatic heterocycles. The fourth-order valence-electron chi connectivity index (χ4n) is 6.06. The van der Waals surface area contributed by atoms with Crippen molar-refractivity contribution in [3.8, 4) is 11.1 Å². The molecule has 4 N–H and O–H groups in total. The van der Waals surface area contributed by atoms with Crippen molar-refractivity contribution in [2.75, 3.05) is 19.8 Å². The highest BCUT2D eigenvalue weighted by Gasteiger charge is 2.48. The van der Waals surface area contributed by atoms with Gasteiger partial charge in [0.05, 0.1) is 12.1 Å². The number of rotatable bonds is 10. The van der Waals surface area contributed by atoms with Gasteiger partial charge in [0.1, 0.15) is 36.2 Å². The second-order valence-electron chi connectivity index (χ2n) is 11.8. The summed E-state index contributed by atoms with van der Waals surface area (Å²) in [6.07, 6.45) is 7.72.